The van der Waals surface area contributed by atoms with E-state index in [9.17, 15) is 18.6 Å². The van der Waals surface area contributed by atoms with E-state index >= 15 is 0 Å². The minimum atomic E-state index is -1.82. The third-order valence-corrected chi connectivity index (χ3v) is 8.43. The first kappa shape index (κ1) is 25.7. The molecule has 5 rings (SSSR count). The van der Waals surface area contributed by atoms with Crippen molar-refractivity contribution in [3.63, 3.8) is 0 Å². The quantitative estimate of drug-likeness (QED) is 0.353. The summed E-state index contributed by atoms with van der Waals surface area (Å²) < 4.78 is 25.5. The molecule has 1 unspecified atom stereocenters. The smallest absolute Gasteiger partial charge is 0.333 e. The molecule has 0 radical (unpaired) electrons. The van der Waals surface area contributed by atoms with Gasteiger partial charge in [-0.25, -0.2) is 4.79 Å². The molecule has 3 aromatic rings. The monoisotopic (exact) mass is 532 g/mol. The lowest BCUT2D eigenvalue weighted by Gasteiger charge is -2.42. The maximum Gasteiger partial charge on any atom is 0.333 e. The van der Waals surface area contributed by atoms with Crippen LogP contribution in [0.3, 0.4) is 0 Å². The van der Waals surface area contributed by atoms with Gasteiger partial charge < -0.3 is 19.7 Å². The predicted molar refractivity (Wildman–Crippen MR) is 141 cm³/mol. The average Bonchev–Trinajstić information content (AvgIpc) is 3.20. The zero-order chi connectivity index (χ0) is 26.8. The minimum absolute atomic E-state index is 0.376. The Balaban J connectivity index is 1.45. The standard InChI is InChI=1S/C29H28N2O6S/c1-18(2)25(32)30-26-22(31-27(33)24(28(31)38(26)35)36-21-16-10-5-11-17-21)29(34)37-23(19-12-6-3-7-13-19)20-14-8-4-9-15-20/h3-18,22-24,26,28H,1-2H3,(H,30,32)/t22-,24-,26?,28-,38+/m1/s1. The van der Waals surface area contributed by atoms with Crippen LogP contribution in [0.2, 0.25) is 0 Å². The van der Waals surface area contributed by atoms with E-state index in [0.29, 0.717) is 5.75 Å². The van der Waals surface area contributed by atoms with Crippen molar-refractivity contribution >= 4 is 28.6 Å². The van der Waals surface area contributed by atoms with Crippen LogP contribution in [0.15, 0.2) is 91.0 Å². The van der Waals surface area contributed by atoms with Gasteiger partial charge in [0.1, 0.15) is 11.1 Å². The maximum absolute atomic E-state index is 13.8. The summed E-state index contributed by atoms with van der Waals surface area (Å²) in [6, 6.07) is 25.9. The third kappa shape index (κ3) is 4.81. The molecule has 0 aromatic heterocycles. The van der Waals surface area contributed by atoms with Gasteiger partial charge in [-0.3, -0.25) is 13.8 Å². The molecule has 2 amide bonds. The van der Waals surface area contributed by atoms with Crippen molar-refractivity contribution in [1.29, 1.82) is 0 Å². The number of ether oxygens (including phenoxy) is 2. The van der Waals surface area contributed by atoms with Crippen LogP contribution in [0.4, 0.5) is 0 Å². The molecule has 3 aromatic carbocycles. The molecule has 1 N–H and O–H groups in total. The highest BCUT2D eigenvalue weighted by atomic mass is 32.2. The van der Waals surface area contributed by atoms with Gasteiger partial charge in [-0.15, -0.1) is 0 Å². The topological polar surface area (TPSA) is 102 Å². The Bertz CT molecular complexity index is 1300. The first-order valence-electron chi connectivity index (χ1n) is 12.4. The van der Waals surface area contributed by atoms with Crippen molar-refractivity contribution in [2.45, 2.75) is 42.8 Å². The van der Waals surface area contributed by atoms with Gasteiger partial charge in [0.15, 0.2) is 17.5 Å². The Morgan fingerprint density at radius 3 is 1.92 bits per heavy atom. The summed E-state index contributed by atoms with van der Waals surface area (Å²) in [5, 5.41) is 0.694. The fraction of sp³-hybridized carbons (Fsp3) is 0.276. The number of amides is 2. The van der Waals surface area contributed by atoms with E-state index < -0.39 is 57.6 Å². The van der Waals surface area contributed by atoms with E-state index in [1.165, 1.54) is 4.90 Å². The van der Waals surface area contributed by atoms with Crippen LogP contribution >= 0.6 is 0 Å². The van der Waals surface area contributed by atoms with Crippen LogP contribution in [0, 0.1) is 5.92 Å². The Morgan fingerprint density at radius 2 is 1.39 bits per heavy atom. The van der Waals surface area contributed by atoms with Gasteiger partial charge in [0.05, 0.1) is 10.8 Å². The summed E-state index contributed by atoms with van der Waals surface area (Å²) in [5.41, 5.74) is 1.48. The predicted octanol–water partition coefficient (Wildman–Crippen LogP) is 3.16. The highest BCUT2D eigenvalue weighted by Crippen LogP contribution is 2.40. The average molecular weight is 533 g/mol. The Morgan fingerprint density at radius 1 is 0.868 bits per heavy atom. The molecule has 9 heteroatoms. The molecule has 0 bridgehead atoms. The molecule has 5 atom stereocenters. The van der Waals surface area contributed by atoms with E-state index in [2.05, 4.69) is 5.32 Å². The summed E-state index contributed by atoms with van der Waals surface area (Å²) in [7, 11) is -1.82. The van der Waals surface area contributed by atoms with E-state index in [0.717, 1.165) is 11.1 Å². The second-order valence-corrected chi connectivity index (χ2v) is 11.1. The number of fused-ring (bicyclic) bond motifs is 1. The highest BCUT2D eigenvalue weighted by molar-refractivity contribution is 7.86. The lowest BCUT2D eigenvalue weighted by Crippen LogP contribution is -2.68. The van der Waals surface area contributed by atoms with Crippen molar-refractivity contribution < 1.29 is 28.1 Å². The normalized spacial score (nSPS) is 24.1. The van der Waals surface area contributed by atoms with Crippen molar-refractivity contribution in [3.05, 3.63) is 102 Å². The summed E-state index contributed by atoms with van der Waals surface area (Å²) in [6.07, 6.45) is -1.79. The number of nitrogens with one attached hydrogen (secondary N) is 1. The number of esters is 1. The highest BCUT2D eigenvalue weighted by Gasteiger charge is 2.67. The van der Waals surface area contributed by atoms with Gasteiger partial charge in [0, 0.05) is 5.92 Å². The zero-order valence-electron chi connectivity index (χ0n) is 20.9. The van der Waals surface area contributed by atoms with Gasteiger partial charge in [-0.1, -0.05) is 92.7 Å². The van der Waals surface area contributed by atoms with Crippen molar-refractivity contribution in [1.82, 2.24) is 10.2 Å². The van der Waals surface area contributed by atoms with Crippen LogP contribution in [0.1, 0.15) is 31.1 Å². The van der Waals surface area contributed by atoms with Crippen LogP contribution in [-0.2, 0) is 29.9 Å². The number of benzene rings is 3. The number of hydrogen-bond donors (Lipinski definition) is 1. The fourth-order valence-electron chi connectivity index (χ4n) is 4.62. The van der Waals surface area contributed by atoms with E-state index in [1.807, 2.05) is 66.7 Å². The van der Waals surface area contributed by atoms with Crippen LogP contribution in [0.25, 0.3) is 0 Å². The maximum atomic E-state index is 13.8. The first-order chi connectivity index (χ1) is 18.4. The zero-order valence-corrected chi connectivity index (χ0v) is 21.7. The van der Waals surface area contributed by atoms with E-state index in [-0.39, 0.29) is 5.91 Å². The molecule has 2 fully saturated rings. The molecule has 8 nitrogen and oxygen atoms in total. The summed E-state index contributed by atoms with van der Waals surface area (Å²) in [4.78, 5) is 40.9. The number of hydrogen-bond acceptors (Lipinski definition) is 6. The van der Waals surface area contributed by atoms with Gasteiger partial charge in [0.2, 0.25) is 12.0 Å². The largest absolute Gasteiger partial charge is 0.477 e. The number of para-hydroxylation sites is 1. The summed E-state index contributed by atoms with van der Waals surface area (Å²) in [6.45, 7) is 3.39. The number of nitrogens with zero attached hydrogens (tertiary/aromatic N) is 1. The number of β-lactam (4-membered cyclic amide) rings is 1. The molecule has 2 heterocycles. The lowest BCUT2D eigenvalue weighted by molar-refractivity contribution is -0.171. The molecule has 2 aliphatic heterocycles. The lowest BCUT2D eigenvalue weighted by atomic mass is 10.0. The molecular formula is C29H28N2O6S. The number of carbonyl (C=O) groups excluding carboxylic acids is 3. The first-order valence-corrected chi connectivity index (χ1v) is 13.7. The molecule has 2 saturated heterocycles. The molecule has 196 valence electrons. The Labute approximate surface area is 223 Å². The summed E-state index contributed by atoms with van der Waals surface area (Å²) in [5.74, 6) is -1.57. The Hall–Kier alpha value is -3.98. The van der Waals surface area contributed by atoms with Gasteiger partial charge in [-0.05, 0) is 23.3 Å². The van der Waals surface area contributed by atoms with Gasteiger partial charge >= 0.3 is 5.97 Å². The van der Waals surface area contributed by atoms with Crippen molar-refractivity contribution in [3.8, 4) is 5.75 Å². The molecule has 38 heavy (non-hydrogen) atoms. The van der Waals surface area contributed by atoms with Crippen LogP contribution in [-0.4, -0.2) is 49.8 Å². The summed E-state index contributed by atoms with van der Waals surface area (Å²) >= 11 is 0. The number of carbonyl (C=O) groups is 3. The molecule has 0 saturated carbocycles. The Kier molecular flexibility index (Phi) is 7.28. The second-order valence-electron chi connectivity index (χ2n) is 9.48. The second kappa shape index (κ2) is 10.8. The molecular weight excluding hydrogens is 504 g/mol. The molecule has 0 spiro atoms. The SMILES string of the molecule is CC(C)C(=O)NC1[C@H](C(=O)OC(c2ccccc2)c2ccccc2)N2C(=O)[C@@H](Oc3ccccc3)[C@H]2[S@]1=O. The van der Waals surface area contributed by atoms with Gasteiger partial charge in [-0.2, -0.15) is 0 Å². The third-order valence-electron chi connectivity index (χ3n) is 6.60. The van der Waals surface area contributed by atoms with Crippen LogP contribution < -0.4 is 10.1 Å². The van der Waals surface area contributed by atoms with Crippen LogP contribution in [0.5, 0.6) is 5.75 Å². The van der Waals surface area contributed by atoms with Crippen molar-refractivity contribution in [2.75, 3.05) is 0 Å². The van der Waals surface area contributed by atoms with E-state index in [1.54, 1.807) is 38.1 Å². The van der Waals surface area contributed by atoms with Gasteiger partial charge in [0.25, 0.3) is 5.91 Å². The molecule has 0 aliphatic carbocycles. The molecule has 2 aliphatic rings. The van der Waals surface area contributed by atoms with Crippen molar-refractivity contribution in [2.24, 2.45) is 5.92 Å². The fourth-order valence-corrected chi connectivity index (χ4v) is 6.52. The minimum Gasteiger partial charge on any atom is -0.477 e. The number of rotatable bonds is 8. The van der Waals surface area contributed by atoms with E-state index in [4.69, 9.17) is 9.47 Å².